The van der Waals surface area contributed by atoms with Crippen molar-refractivity contribution in [2.24, 2.45) is 22.2 Å². The fourth-order valence-electron chi connectivity index (χ4n) is 2.26. The number of thiol groups is 1. The van der Waals surface area contributed by atoms with E-state index in [1.807, 2.05) is 0 Å². The number of aliphatic hydroxyl groups excluding tert-OH is 1. The van der Waals surface area contributed by atoms with Gasteiger partial charge >= 0.3 is 11.9 Å². The number of nitrogens with zero attached hydrogens (tertiary/aromatic N) is 1. The quantitative estimate of drug-likeness (QED) is 0.0461. The number of guanidine groups is 1. The fourth-order valence-corrected chi connectivity index (χ4v) is 2.50. The van der Waals surface area contributed by atoms with Crippen LogP contribution in [0.1, 0.15) is 19.3 Å². The van der Waals surface area contributed by atoms with Gasteiger partial charge < -0.3 is 48.5 Å². The van der Waals surface area contributed by atoms with Gasteiger partial charge in [-0.3, -0.25) is 24.2 Å². The fraction of sp³-hybridized carbons (Fsp3) is 0.625. The number of carbonyl (C=O) groups excluding carboxylic acids is 3. The minimum absolute atomic E-state index is 0.0160. The van der Waals surface area contributed by atoms with E-state index >= 15 is 0 Å². The molecule has 0 radical (unpaired) electrons. The number of nitrogens with two attached hydrogens (primary N) is 3. The maximum absolute atomic E-state index is 12.5. The monoisotopic (exact) mass is 479 g/mol. The van der Waals surface area contributed by atoms with Crippen LogP contribution in [0.15, 0.2) is 4.99 Å². The van der Waals surface area contributed by atoms with Gasteiger partial charge in [0.05, 0.1) is 19.1 Å². The summed E-state index contributed by atoms with van der Waals surface area (Å²) < 4.78 is 0. The summed E-state index contributed by atoms with van der Waals surface area (Å²) >= 11 is 3.84. The van der Waals surface area contributed by atoms with Crippen molar-refractivity contribution in [2.75, 3.05) is 18.9 Å². The van der Waals surface area contributed by atoms with Gasteiger partial charge in [0.15, 0.2) is 5.96 Å². The molecule has 182 valence electrons. The Hall–Kier alpha value is -3.11. The predicted molar refractivity (Wildman–Crippen MR) is 115 cm³/mol. The number of hydrogen-bond acceptors (Lipinski definition) is 9. The third kappa shape index (κ3) is 11.3. The van der Waals surface area contributed by atoms with Gasteiger partial charge in [0.2, 0.25) is 17.7 Å². The van der Waals surface area contributed by atoms with Crippen LogP contribution >= 0.6 is 12.6 Å². The van der Waals surface area contributed by atoms with Crippen LogP contribution in [0, 0.1) is 0 Å². The number of carbonyl (C=O) groups is 5. The van der Waals surface area contributed by atoms with Gasteiger partial charge in [0, 0.05) is 12.3 Å². The van der Waals surface area contributed by atoms with Crippen LogP contribution in [0.5, 0.6) is 0 Å². The van der Waals surface area contributed by atoms with Crippen molar-refractivity contribution in [1.82, 2.24) is 16.0 Å². The minimum Gasteiger partial charge on any atom is -0.481 e. The zero-order chi connectivity index (χ0) is 24.8. The maximum atomic E-state index is 12.5. The molecule has 0 aliphatic heterocycles. The van der Waals surface area contributed by atoms with Crippen LogP contribution in [0.25, 0.3) is 0 Å². The number of carboxylic acid groups (broad SMARTS) is 2. The van der Waals surface area contributed by atoms with Gasteiger partial charge in [-0.15, -0.1) is 0 Å². The first-order chi connectivity index (χ1) is 14.9. The number of carboxylic acids is 2. The molecule has 3 amide bonds. The van der Waals surface area contributed by atoms with E-state index in [4.69, 9.17) is 27.4 Å². The second-order valence-corrected chi connectivity index (χ2v) is 6.91. The number of rotatable bonds is 15. The lowest BCUT2D eigenvalue weighted by Crippen LogP contribution is -2.58. The van der Waals surface area contributed by atoms with Gasteiger partial charge in [0.25, 0.3) is 0 Å². The second kappa shape index (κ2) is 14.8. The molecular formula is C16H29N7O8S. The normalized spacial score (nSPS) is 14.2. The molecule has 0 fully saturated rings. The Morgan fingerprint density at radius 1 is 0.906 bits per heavy atom. The van der Waals surface area contributed by atoms with Crippen molar-refractivity contribution >= 4 is 48.2 Å². The number of aliphatic carboxylic acids is 2. The predicted octanol–water partition coefficient (Wildman–Crippen LogP) is -4.70. The molecule has 15 nitrogen and oxygen atoms in total. The highest BCUT2D eigenvalue weighted by Crippen LogP contribution is 2.02. The van der Waals surface area contributed by atoms with Gasteiger partial charge in [0.1, 0.15) is 18.1 Å². The molecule has 12 N–H and O–H groups in total. The van der Waals surface area contributed by atoms with Crippen LogP contribution in [0.3, 0.4) is 0 Å². The van der Waals surface area contributed by atoms with E-state index in [0.29, 0.717) is 0 Å². The Labute approximate surface area is 188 Å². The Bertz CT molecular complexity index is 717. The lowest BCUT2D eigenvalue weighted by molar-refractivity contribution is -0.141. The van der Waals surface area contributed by atoms with Gasteiger partial charge in [-0.05, 0) is 12.8 Å². The molecule has 0 aromatic carbocycles. The molecular weight excluding hydrogens is 450 g/mol. The summed E-state index contributed by atoms with van der Waals surface area (Å²) in [5.41, 5.74) is 15.8. The maximum Gasteiger partial charge on any atom is 0.327 e. The first kappa shape index (κ1) is 28.9. The second-order valence-electron chi connectivity index (χ2n) is 6.54. The highest BCUT2D eigenvalue weighted by atomic mass is 32.1. The lowest BCUT2D eigenvalue weighted by Gasteiger charge is -2.24. The smallest absolute Gasteiger partial charge is 0.327 e. The highest BCUT2D eigenvalue weighted by Gasteiger charge is 2.29. The van der Waals surface area contributed by atoms with Crippen molar-refractivity contribution in [3.63, 3.8) is 0 Å². The van der Waals surface area contributed by atoms with E-state index in [1.165, 1.54) is 0 Å². The summed E-state index contributed by atoms with van der Waals surface area (Å²) in [6, 6.07) is -5.61. The summed E-state index contributed by atoms with van der Waals surface area (Å²) in [5.74, 6) is -5.92. The molecule has 0 aromatic rings. The van der Waals surface area contributed by atoms with E-state index in [9.17, 15) is 29.1 Å². The molecule has 32 heavy (non-hydrogen) atoms. The third-order valence-electron chi connectivity index (χ3n) is 3.92. The Kier molecular flexibility index (Phi) is 13.4. The van der Waals surface area contributed by atoms with Crippen LogP contribution in [0.2, 0.25) is 0 Å². The number of aliphatic hydroxyl groups is 1. The van der Waals surface area contributed by atoms with Crippen molar-refractivity contribution in [1.29, 1.82) is 0 Å². The van der Waals surface area contributed by atoms with Crippen LogP contribution in [-0.4, -0.2) is 94.0 Å². The van der Waals surface area contributed by atoms with E-state index < -0.39 is 66.9 Å². The molecule has 0 heterocycles. The zero-order valence-corrected chi connectivity index (χ0v) is 18.0. The summed E-state index contributed by atoms with van der Waals surface area (Å²) in [6.45, 7) is -0.769. The summed E-state index contributed by atoms with van der Waals surface area (Å²) in [5, 5.41) is 33.8. The van der Waals surface area contributed by atoms with Crippen LogP contribution in [-0.2, 0) is 24.0 Å². The van der Waals surface area contributed by atoms with E-state index in [-0.39, 0.29) is 31.1 Å². The third-order valence-corrected chi connectivity index (χ3v) is 4.29. The zero-order valence-electron chi connectivity index (χ0n) is 17.1. The van der Waals surface area contributed by atoms with Gasteiger partial charge in [-0.1, -0.05) is 0 Å². The average Bonchev–Trinajstić information content (AvgIpc) is 2.70. The van der Waals surface area contributed by atoms with Crippen molar-refractivity contribution < 1.29 is 39.3 Å². The summed E-state index contributed by atoms with van der Waals surface area (Å²) in [6.07, 6.45) is -0.506. The molecule has 4 unspecified atom stereocenters. The van der Waals surface area contributed by atoms with Crippen molar-refractivity contribution in [3.05, 3.63) is 0 Å². The Morgan fingerprint density at radius 3 is 1.91 bits per heavy atom. The molecule has 0 saturated heterocycles. The van der Waals surface area contributed by atoms with Crippen molar-refractivity contribution in [3.8, 4) is 0 Å². The van der Waals surface area contributed by atoms with E-state index in [2.05, 4.69) is 33.6 Å². The Balaban J connectivity index is 5.28. The van der Waals surface area contributed by atoms with Gasteiger partial charge in [-0.25, -0.2) is 4.79 Å². The number of nitrogens with one attached hydrogen (secondary N) is 3. The largest absolute Gasteiger partial charge is 0.481 e. The molecule has 0 bridgehead atoms. The highest BCUT2D eigenvalue weighted by molar-refractivity contribution is 7.80. The van der Waals surface area contributed by atoms with Gasteiger partial charge in [-0.2, -0.15) is 12.6 Å². The molecule has 16 heteroatoms. The first-order valence-electron chi connectivity index (χ1n) is 9.31. The first-order valence-corrected chi connectivity index (χ1v) is 9.94. The van der Waals surface area contributed by atoms with Crippen LogP contribution < -0.4 is 33.2 Å². The molecule has 0 aromatic heterocycles. The summed E-state index contributed by atoms with van der Waals surface area (Å²) in [4.78, 5) is 62.4. The Morgan fingerprint density at radius 2 is 1.44 bits per heavy atom. The molecule has 0 aliphatic rings. The summed E-state index contributed by atoms with van der Waals surface area (Å²) in [7, 11) is 0. The topological polar surface area (TPSA) is 273 Å². The number of aliphatic imine (C=N–C) groups is 1. The molecule has 0 saturated carbocycles. The standard InChI is InChI=1S/C16H29N7O8S/c17-7(4-11(25)26)12(27)22-9(5-24)14(29)21-8(2-1-3-20-16(18)19)13(28)23-10(6-32)15(30)31/h7-10,24,32H,1-6,17H2,(H,21,29)(H,22,27)(H,23,28)(H,25,26)(H,30,31)(H4,18,19,20). The SMILES string of the molecule is NC(N)=NCCCC(NC(=O)C(CO)NC(=O)C(N)CC(=O)O)C(=O)NC(CS)C(=O)O. The van der Waals surface area contributed by atoms with E-state index in [0.717, 1.165) is 0 Å². The van der Waals surface area contributed by atoms with E-state index in [1.54, 1.807) is 0 Å². The molecule has 4 atom stereocenters. The minimum atomic E-state index is -1.55. The molecule has 0 rings (SSSR count). The van der Waals surface area contributed by atoms with Crippen molar-refractivity contribution in [2.45, 2.75) is 43.4 Å². The molecule has 0 aliphatic carbocycles. The number of hydrogen-bond donors (Lipinski definition) is 10. The number of amides is 3. The lowest BCUT2D eigenvalue weighted by atomic mass is 10.1. The average molecular weight is 480 g/mol. The molecule has 0 spiro atoms. The van der Waals surface area contributed by atoms with Crippen LogP contribution in [0.4, 0.5) is 0 Å².